The molecule has 4 aromatic rings. The number of halogens is 3. The average molecular weight is 996 g/mol. The number of nitrogens with one attached hydrogen (secondary N) is 4. The molecule has 6 amide bonds. The summed E-state index contributed by atoms with van der Waals surface area (Å²) in [6.45, 7) is 8.64. The molecule has 1 aromatic heterocycles. The van der Waals surface area contributed by atoms with Crippen LogP contribution in [0.4, 0.5) is 24.5 Å². The number of rotatable bonds is 19. The van der Waals surface area contributed by atoms with Gasteiger partial charge in [-0.05, 0) is 73.3 Å². The van der Waals surface area contributed by atoms with Crippen molar-refractivity contribution in [2.45, 2.75) is 70.1 Å². The van der Waals surface area contributed by atoms with E-state index in [0.29, 0.717) is 63.1 Å². The minimum absolute atomic E-state index is 0.0215. The van der Waals surface area contributed by atoms with Gasteiger partial charge in [0, 0.05) is 97.1 Å². The second-order valence-electron chi connectivity index (χ2n) is 18.8. The lowest BCUT2D eigenvalue weighted by Gasteiger charge is -2.35. The summed E-state index contributed by atoms with van der Waals surface area (Å²) in [7, 11) is 2.02. The predicted molar refractivity (Wildman–Crippen MR) is 263 cm³/mol. The number of amides is 6. The SMILES string of the molecule is CN1CCN(c2ccc(-c3cccc(CN4CCN(CCNC(=O)CCCCCCCOc5cccc6c5C(=O)N(C5CCC(=O)NC5=O)C6=O)CC4)c3)cc2NC(=O)c2c[nH]c(=O)cc2C(F)(F)F)CC1. The molecule has 382 valence electrons. The molecule has 4 aliphatic rings. The number of pyridine rings is 1. The second-order valence-corrected chi connectivity index (χ2v) is 18.8. The maximum atomic E-state index is 13.9. The van der Waals surface area contributed by atoms with Gasteiger partial charge < -0.3 is 30.2 Å². The molecule has 1 unspecified atom stereocenters. The van der Waals surface area contributed by atoms with Gasteiger partial charge in [0.25, 0.3) is 17.7 Å². The summed E-state index contributed by atoms with van der Waals surface area (Å²) in [5.41, 5.74) is 1.20. The molecule has 8 rings (SSSR count). The number of imide groups is 2. The van der Waals surface area contributed by atoms with Gasteiger partial charge in [-0.2, -0.15) is 13.2 Å². The third kappa shape index (κ3) is 12.6. The number of fused-ring (bicyclic) bond motifs is 1. The Balaban J connectivity index is 0.737. The van der Waals surface area contributed by atoms with Crippen molar-refractivity contribution in [1.29, 1.82) is 0 Å². The van der Waals surface area contributed by atoms with E-state index in [1.165, 1.54) is 6.07 Å². The van der Waals surface area contributed by atoms with E-state index in [1.807, 2.05) is 31.3 Å². The summed E-state index contributed by atoms with van der Waals surface area (Å²) in [5, 5.41) is 7.99. The van der Waals surface area contributed by atoms with Crippen LogP contribution in [0.3, 0.4) is 0 Å². The Morgan fingerprint density at radius 2 is 1.51 bits per heavy atom. The number of aromatic amines is 1. The summed E-state index contributed by atoms with van der Waals surface area (Å²) in [5.74, 6) is -2.95. The largest absolute Gasteiger partial charge is 0.493 e. The van der Waals surface area contributed by atoms with Crippen LogP contribution in [0.1, 0.15) is 93.6 Å². The number of carbonyl (C=O) groups excluding carboxylic acids is 6. The molecule has 0 bridgehead atoms. The normalized spacial score (nSPS) is 18.0. The zero-order chi connectivity index (χ0) is 50.9. The third-order valence-electron chi connectivity index (χ3n) is 13.7. The molecule has 0 radical (unpaired) electrons. The molecule has 1 atom stereocenters. The number of hydrogen-bond acceptors (Lipinski definition) is 12. The molecular formula is C52H60F3N9O8. The summed E-state index contributed by atoms with van der Waals surface area (Å²) in [4.78, 5) is 100. The van der Waals surface area contributed by atoms with E-state index in [4.69, 9.17) is 4.74 Å². The smallest absolute Gasteiger partial charge is 0.417 e. The Kier molecular flexibility index (Phi) is 16.5. The zero-order valence-electron chi connectivity index (χ0n) is 40.3. The van der Waals surface area contributed by atoms with Crippen molar-refractivity contribution in [2.24, 2.45) is 0 Å². The van der Waals surface area contributed by atoms with Crippen LogP contribution in [-0.2, 0) is 27.1 Å². The standard InChI is InChI=1S/C52H60F3N9O8/c1-60-20-26-63(27-21-60)41-15-14-36(30-40(41)58-48(68)38-32-57-46(67)31-39(38)52(53,54)55)35-10-7-9-34(29-35)33-62-24-22-61(23-25-62)19-18-56-44(65)13-5-3-2-4-6-28-72-43-12-8-11-37-47(43)51(71)64(50(37)70)42-16-17-45(66)59-49(42)69/h7-12,14-15,29-32,42H,2-6,13,16-28,33H2,1H3,(H,56,65)(H,57,67)(H,58,68)(H,59,66,69). The number of ether oxygens (including phenoxy) is 1. The highest BCUT2D eigenvalue weighted by atomic mass is 19.4. The minimum Gasteiger partial charge on any atom is -0.493 e. The first-order valence-corrected chi connectivity index (χ1v) is 24.6. The molecule has 20 heteroatoms. The van der Waals surface area contributed by atoms with Gasteiger partial charge in [-0.25, -0.2) is 0 Å². The average Bonchev–Trinajstić information content (AvgIpc) is 3.61. The maximum Gasteiger partial charge on any atom is 0.417 e. The molecule has 72 heavy (non-hydrogen) atoms. The molecule has 0 spiro atoms. The first kappa shape index (κ1) is 51.5. The van der Waals surface area contributed by atoms with Crippen LogP contribution in [0, 0.1) is 0 Å². The van der Waals surface area contributed by atoms with Crippen LogP contribution in [-0.4, -0.2) is 145 Å². The van der Waals surface area contributed by atoms with Crippen molar-refractivity contribution in [3.63, 3.8) is 0 Å². The number of H-pyrrole nitrogens is 1. The number of carbonyl (C=O) groups is 6. The molecule has 0 aliphatic carbocycles. The van der Waals surface area contributed by atoms with E-state index >= 15 is 0 Å². The van der Waals surface area contributed by atoms with Crippen molar-refractivity contribution in [2.75, 3.05) is 89.3 Å². The van der Waals surface area contributed by atoms with E-state index in [-0.39, 0.29) is 35.6 Å². The fourth-order valence-electron chi connectivity index (χ4n) is 9.65. The minimum atomic E-state index is -4.90. The molecule has 17 nitrogen and oxygen atoms in total. The molecule has 3 saturated heterocycles. The highest BCUT2D eigenvalue weighted by molar-refractivity contribution is 6.24. The van der Waals surface area contributed by atoms with Gasteiger partial charge in [0.1, 0.15) is 11.8 Å². The maximum absolute atomic E-state index is 13.9. The van der Waals surface area contributed by atoms with Crippen LogP contribution >= 0.6 is 0 Å². The van der Waals surface area contributed by atoms with Crippen molar-refractivity contribution in [3.05, 3.63) is 111 Å². The lowest BCUT2D eigenvalue weighted by molar-refractivity contribution is -0.138. The molecule has 4 aliphatic heterocycles. The number of nitrogens with zero attached hydrogens (tertiary/aromatic N) is 5. The van der Waals surface area contributed by atoms with Crippen LogP contribution in [0.25, 0.3) is 11.1 Å². The Labute approximate surface area is 415 Å². The second kappa shape index (κ2) is 23.1. The summed E-state index contributed by atoms with van der Waals surface area (Å²) in [6.07, 6.45) is 0.581. The molecule has 0 saturated carbocycles. The van der Waals surface area contributed by atoms with Gasteiger partial charge in [-0.15, -0.1) is 0 Å². The molecule has 4 N–H and O–H groups in total. The molecule has 3 aromatic carbocycles. The summed E-state index contributed by atoms with van der Waals surface area (Å²) < 4.78 is 47.7. The molecule has 5 heterocycles. The fourth-order valence-corrected chi connectivity index (χ4v) is 9.65. The topological polar surface area (TPSA) is 197 Å². The summed E-state index contributed by atoms with van der Waals surface area (Å²) >= 11 is 0. The number of piperidine rings is 1. The number of hydrogen-bond donors (Lipinski definition) is 4. The van der Waals surface area contributed by atoms with Crippen molar-refractivity contribution >= 4 is 46.8 Å². The van der Waals surface area contributed by atoms with E-state index < -0.39 is 58.4 Å². The number of likely N-dealkylation sites (N-methyl/N-ethyl adjacent to an activating group) is 1. The van der Waals surface area contributed by atoms with E-state index in [1.54, 1.807) is 18.2 Å². The first-order valence-electron chi connectivity index (χ1n) is 24.6. The Hall–Kier alpha value is -6.90. The Bertz CT molecular complexity index is 2730. The summed E-state index contributed by atoms with van der Waals surface area (Å²) in [6, 6.07) is 17.9. The van der Waals surface area contributed by atoms with Gasteiger partial charge in [0.05, 0.1) is 40.2 Å². The number of unbranched alkanes of at least 4 members (excludes halogenated alkanes) is 4. The lowest BCUT2D eigenvalue weighted by Crippen LogP contribution is -2.54. The van der Waals surface area contributed by atoms with E-state index in [9.17, 15) is 46.7 Å². The monoisotopic (exact) mass is 995 g/mol. The Morgan fingerprint density at radius 1 is 0.792 bits per heavy atom. The lowest BCUT2D eigenvalue weighted by atomic mass is 10.0. The van der Waals surface area contributed by atoms with Crippen LogP contribution in [0.15, 0.2) is 77.7 Å². The Morgan fingerprint density at radius 3 is 2.28 bits per heavy atom. The zero-order valence-corrected chi connectivity index (χ0v) is 40.3. The van der Waals surface area contributed by atoms with Gasteiger partial charge in [0.15, 0.2) is 0 Å². The predicted octanol–water partition coefficient (Wildman–Crippen LogP) is 5.12. The number of piperazine rings is 2. The van der Waals surface area contributed by atoms with Crippen LogP contribution in [0.2, 0.25) is 0 Å². The number of alkyl halides is 3. The van der Waals surface area contributed by atoms with E-state index in [2.05, 4.69) is 52.7 Å². The highest BCUT2D eigenvalue weighted by Crippen LogP contribution is 2.36. The highest BCUT2D eigenvalue weighted by Gasteiger charge is 2.46. The quantitative estimate of drug-likeness (QED) is 0.0717. The number of anilines is 2. The van der Waals surface area contributed by atoms with Gasteiger partial charge in [0.2, 0.25) is 23.3 Å². The van der Waals surface area contributed by atoms with Crippen LogP contribution in [0.5, 0.6) is 5.75 Å². The number of benzene rings is 3. The molecular weight excluding hydrogens is 936 g/mol. The van der Waals surface area contributed by atoms with Crippen molar-refractivity contribution in [1.82, 2.24) is 35.2 Å². The fraction of sp³-hybridized carbons (Fsp3) is 0.442. The van der Waals surface area contributed by atoms with Gasteiger partial charge in [-0.3, -0.25) is 53.6 Å². The van der Waals surface area contributed by atoms with Crippen molar-refractivity contribution in [3.8, 4) is 16.9 Å². The molecule has 3 fully saturated rings. The first-order chi connectivity index (χ1) is 34.6. The van der Waals surface area contributed by atoms with Crippen LogP contribution < -0.4 is 31.1 Å². The van der Waals surface area contributed by atoms with Gasteiger partial charge in [-0.1, -0.05) is 49.6 Å². The van der Waals surface area contributed by atoms with Crippen molar-refractivity contribution < 1.29 is 46.7 Å². The third-order valence-corrected chi connectivity index (χ3v) is 13.7. The van der Waals surface area contributed by atoms with E-state index in [0.717, 1.165) is 99.3 Å². The number of aromatic nitrogens is 1. The van der Waals surface area contributed by atoms with Gasteiger partial charge >= 0.3 is 6.18 Å².